The fourth-order valence-electron chi connectivity index (χ4n) is 1.98. The van der Waals surface area contributed by atoms with Crippen molar-refractivity contribution in [3.05, 3.63) is 36.2 Å². The van der Waals surface area contributed by atoms with Crippen LogP contribution in [0.4, 0.5) is 0 Å². The zero-order chi connectivity index (χ0) is 11.0. The molecular weight excluding hydrogens is 254 g/mol. The first-order chi connectivity index (χ1) is 7.90. The maximum absolute atomic E-state index is 9.07. The minimum absolute atomic E-state index is 0. The van der Waals surface area contributed by atoms with E-state index in [0.29, 0.717) is 0 Å². The molecule has 0 bridgehead atoms. The summed E-state index contributed by atoms with van der Waals surface area (Å²) in [7, 11) is 0. The van der Waals surface area contributed by atoms with Crippen LogP contribution in [0.25, 0.3) is 11.3 Å². The molecule has 86 valence electrons. The van der Waals surface area contributed by atoms with Crippen LogP contribution in [-0.2, 0) is 6.54 Å². The van der Waals surface area contributed by atoms with E-state index in [1.165, 1.54) is 0 Å². The van der Waals surface area contributed by atoms with Crippen LogP contribution in [0.15, 0.2) is 35.6 Å². The van der Waals surface area contributed by atoms with Gasteiger partial charge < -0.3 is 4.57 Å². The molecule has 0 N–H and O–H groups in total. The van der Waals surface area contributed by atoms with E-state index in [-0.39, 0.29) is 12.4 Å². The van der Waals surface area contributed by atoms with Gasteiger partial charge in [0.05, 0.1) is 16.3 Å². The number of rotatable bonds is 1. The lowest BCUT2D eigenvalue weighted by Crippen LogP contribution is -1.96. The van der Waals surface area contributed by atoms with Crippen LogP contribution in [-0.4, -0.2) is 15.3 Å². The van der Waals surface area contributed by atoms with E-state index in [4.69, 9.17) is 5.26 Å². The number of nitrogens with zero attached hydrogens (tertiary/aromatic N) is 3. The van der Waals surface area contributed by atoms with Gasteiger partial charge in [0.15, 0.2) is 0 Å². The minimum Gasteiger partial charge on any atom is -0.334 e. The number of fused-ring (bicyclic) bond motifs is 1. The number of hydrogen-bond donors (Lipinski definition) is 0. The van der Waals surface area contributed by atoms with Crippen LogP contribution in [0.2, 0.25) is 0 Å². The Kier molecular flexibility index (Phi) is 3.41. The van der Waals surface area contributed by atoms with E-state index in [1.54, 1.807) is 18.0 Å². The average Bonchev–Trinajstić information content (AvgIpc) is 2.91. The van der Waals surface area contributed by atoms with Gasteiger partial charge in [0.25, 0.3) is 0 Å². The van der Waals surface area contributed by atoms with Crippen molar-refractivity contribution >= 4 is 24.2 Å². The zero-order valence-electron chi connectivity index (χ0n) is 8.96. The van der Waals surface area contributed by atoms with Gasteiger partial charge in [-0.1, -0.05) is 0 Å². The highest BCUT2D eigenvalue weighted by molar-refractivity contribution is 7.99. The van der Waals surface area contributed by atoms with Crippen molar-refractivity contribution in [1.82, 2.24) is 9.55 Å². The molecule has 0 fully saturated rings. The summed E-state index contributed by atoms with van der Waals surface area (Å²) in [6.45, 7) is 0.978. The summed E-state index contributed by atoms with van der Waals surface area (Å²) in [6.07, 6.45) is 3.60. The first-order valence-corrected chi connectivity index (χ1v) is 6.05. The van der Waals surface area contributed by atoms with Crippen LogP contribution >= 0.6 is 24.2 Å². The van der Waals surface area contributed by atoms with Crippen molar-refractivity contribution in [2.75, 3.05) is 5.75 Å². The van der Waals surface area contributed by atoms with Gasteiger partial charge in [0, 0.05) is 30.3 Å². The Labute approximate surface area is 110 Å². The summed E-state index contributed by atoms with van der Waals surface area (Å²) in [5.41, 5.74) is 2.96. The summed E-state index contributed by atoms with van der Waals surface area (Å²) in [5.74, 6) is 1.05. The topological polar surface area (TPSA) is 41.6 Å². The Balaban J connectivity index is 0.00000108. The van der Waals surface area contributed by atoms with Gasteiger partial charge in [0.2, 0.25) is 0 Å². The molecule has 1 aliphatic heterocycles. The molecule has 0 aliphatic carbocycles. The highest BCUT2D eigenvalue weighted by atomic mass is 35.5. The van der Waals surface area contributed by atoms with E-state index in [1.807, 2.05) is 24.4 Å². The lowest BCUT2D eigenvalue weighted by molar-refractivity contribution is 0.747. The Hall–Kier alpha value is -1.44. The van der Waals surface area contributed by atoms with Crippen molar-refractivity contribution in [3.8, 4) is 17.3 Å². The van der Waals surface area contributed by atoms with Gasteiger partial charge in [-0.15, -0.1) is 24.2 Å². The van der Waals surface area contributed by atoms with E-state index in [9.17, 15) is 0 Å². The second kappa shape index (κ2) is 4.82. The maximum Gasteiger partial charge on any atom is 0.102 e. The zero-order valence-corrected chi connectivity index (χ0v) is 10.6. The molecule has 0 unspecified atom stereocenters. The van der Waals surface area contributed by atoms with Crippen molar-refractivity contribution in [1.29, 1.82) is 5.26 Å². The monoisotopic (exact) mass is 263 g/mol. The number of pyridine rings is 1. The van der Waals surface area contributed by atoms with Crippen LogP contribution < -0.4 is 0 Å². The van der Waals surface area contributed by atoms with Crippen LogP contribution in [0, 0.1) is 11.3 Å². The first kappa shape index (κ1) is 12.0. The molecule has 0 spiro atoms. The molecule has 3 rings (SSSR count). The molecule has 17 heavy (non-hydrogen) atoms. The van der Waals surface area contributed by atoms with E-state index in [2.05, 4.69) is 15.6 Å². The summed E-state index contributed by atoms with van der Waals surface area (Å²) in [6, 6.07) is 8.16. The Bertz CT molecular complexity index is 571. The lowest BCUT2D eigenvalue weighted by Gasteiger charge is -2.03. The van der Waals surface area contributed by atoms with Gasteiger partial charge in [-0.05, 0) is 18.2 Å². The highest BCUT2D eigenvalue weighted by Gasteiger charge is 2.20. The standard InChI is InChI=1S/C12H9N3S.ClH/c13-7-10-6-11(9-2-1-3-14-8-9)15-4-5-16-12(10)15;/h1-3,6,8H,4-5H2;1H. The minimum atomic E-state index is 0. The summed E-state index contributed by atoms with van der Waals surface area (Å²) < 4.78 is 2.21. The molecule has 2 aromatic heterocycles. The number of thioether (sulfide) groups is 1. The van der Waals surface area contributed by atoms with E-state index < -0.39 is 0 Å². The lowest BCUT2D eigenvalue weighted by atomic mass is 10.2. The third kappa shape index (κ3) is 1.92. The van der Waals surface area contributed by atoms with Gasteiger partial charge in [-0.3, -0.25) is 4.98 Å². The van der Waals surface area contributed by atoms with Crippen LogP contribution in [0.3, 0.4) is 0 Å². The fraction of sp³-hybridized carbons (Fsp3) is 0.167. The molecular formula is C12H10ClN3S. The molecule has 1 aliphatic rings. The predicted octanol–water partition coefficient (Wildman–Crippen LogP) is 2.95. The third-order valence-electron chi connectivity index (χ3n) is 2.68. The number of nitriles is 1. The second-order valence-corrected chi connectivity index (χ2v) is 4.69. The molecule has 0 amide bonds. The molecule has 3 nitrogen and oxygen atoms in total. The first-order valence-electron chi connectivity index (χ1n) is 5.07. The number of aromatic nitrogens is 2. The Morgan fingerprint density at radius 3 is 3.06 bits per heavy atom. The molecule has 0 saturated carbocycles. The second-order valence-electron chi connectivity index (χ2n) is 3.60. The highest BCUT2D eigenvalue weighted by Crippen LogP contribution is 2.36. The van der Waals surface area contributed by atoms with E-state index in [0.717, 1.165) is 34.1 Å². The largest absolute Gasteiger partial charge is 0.334 e. The number of halogens is 1. The van der Waals surface area contributed by atoms with Gasteiger partial charge >= 0.3 is 0 Å². The van der Waals surface area contributed by atoms with Gasteiger partial charge in [-0.2, -0.15) is 5.26 Å². The molecule has 0 aromatic carbocycles. The molecule has 3 heterocycles. The van der Waals surface area contributed by atoms with Crippen molar-refractivity contribution < 1.29 is 0 Å². The van der Waals surface area contributed by atoms with Gasteiger partial charge in [-0.25, -0.2) is 0 Å². The van der Waals surface area contributed by atoms with E-state index >= 15 is 0 Å². The van der Waals surface area contributed by atoms with Crippen molar-refractivity contribution in [3.63, 3.8) is 0 Å². The molecule has 2 aromatic rings. The fourth-order valence-corrected chi connectivity index (χ4v) is 3.05. The molecule has 0 saturated heterocycles. The maximum atomic E-state index is 9.07. The molecule has 0 radical (unpaired) electrons. The summed E-state index contributed by atoms with van der Waals surface area (Å²) in [4.78, 5) is 4.12. The summed E-state index contributed by atoms with van der Waals surface area (Å²) in [5, 5.41) is 10.2. The van der Waals surface area contributed by atoms with Crippen LogP contribution in [0.5, 0.6) is 0 Å². The number of hydrogen-bond acceptors (Lipinski definition) is 3. The predicted molar refractivity (Wildman–Crippen MR) is 70.4 cm³/mol. The third-order valence-corrected chi connectivity index (χ3v) is 3.78. The Morgan fingerprint density at radius 2 is 2.35 bits per heavy atom. The Morgan fingerprint density at radius 1 is 1.47 bits per heavy atom. The smallest absolute Gasteiger partial charge is 0.102 e. The summed E-state index contributed by atoms with van der Waals surface area (Å²) >= 11 is 1.75. The van der Waals surface area contributed by atoms with Crippen LogP contribution in [0.1, 0.15) is 5.56 Å². The average molecular weight is 264 g/mol. The molecule has 5 heteroatoms. The normalized spacial score (nSPS) is 12.6. The van der Waals surface area contributed by atoms with Crippen molar-refractivity contribution in [2.45, 2.75) is 11.6 Å². The quantitative estimate of drug-likeness (QED) is 0.794. The molecule has 0 atom stereocenters. The van der Waals surface area contributed by atoms with Crippen molar-refractivity contribution in [2.24, 2.45) is 0 Å². The van der Waals surface area contributed by atoms with Gasteiger partial charge in [0.1, 0.15) is 6.07 Å². The SMILES string of the molecule is Cl.N#Cc1cc(-c2cccnc2)n2c1SCC2.